The number of nitrogens with zero attached hydrogens (tertiary/aromatic N) is 1. The first-order chi connectivity index (χ1) is 9.32. The van der Waals surface area contributed by atoms with Crippen molar-refractivity contribution in [1.82, 2.24) is 4.90 Å². The van der Waals surface area contributed by atoms with Gasteiger partial charge in [-0.15, -0.1) is 0 Å². The lowest BCUT2D eigenvalue weighted by Crippen LogP contribution is -2.43. The molecule has 2 atom stereocenters. The SMILES string of the molecule is CC1CN(C)CCC1Nc1c(F)c(F)c(F)c(F)c1F. The summed E-state index contributed by atoms with van der Waals surface area (Å²) in [5.74, 6) is -9.58. The van der Waals surface area contributed by atoms with Crippen molar-refractivity contribution in [3.8, 4) is 0 Å². The van der Waals surface area contributed by atoms with Crippen LogP contribution < -0.4 is 5.32 Å². The molecule has 0 amide bonds. The van der Waals surface area contributed by atoms with Crippen LogP contribution in [0.3, 0.4) is 0 Å². The van der Waals surface area contributed by atoms with Crippen LogP contribution in [0.5, 0.6) is 0 Å². The quantitative estimate of drug-likeness (QED) is 0.512. The summed E-state index contributed by atoms with van der Waals surface area (Å²) in [6.45, 7) is 3.24. The fourth-order valence-electron chi connectivity index (χ4n) is 2.49. The Labute approximate surface area is 113 Å². The Morgan fingerprint density at radius 3 is 1.95 bits per heavy atom. The molecule has 0 aliphatic carbocycles. The zero-order chi connectivity index (χ0) is 15.0. The van der Waals surface area contributed by atoms with Gasteiger partial charge in [0.05, 0.1) is 0 Å². The Bertz CT molecular complexity index is 491. The predicted octanol–water partition coefficient (Wildman–Crippen LogP) is 3.13. The van der Waals surface area contributed by atoms with Crippen LogP contribution in [0.4, 0.5) is 27.6 Å². The molecule has 1 aromatic rings. The number of nitrogens with one attached hydrogen (secondary N) is 1. The summed E-state index contributed by atoms with van der Waals surface area (Å²) in [7, 11) is 1.91. The van der Waals surface area contributed by atoms with Crippen molar-refractivity contribution in [2.45, 2.75) is 19.4 Å². The summed E-state index contributed by atoms with van der Waals surface area (Å²) >= 11 is 0. The third kappa shape index (κ3) is 2.59. The molecule has 1 fully saturated rings. The van der Waals surface area contributed by atoms with Crippen LogP contribution in [0, 0.1) is 35.0 Å². The summed E-state index contributed by atoms with van der Waals surface area (Å²) in [4.78, 5) is 2.04. The topological polar surface area (TPSA) is 15.3 Å². The zero-order valence-electron chi connectivity index (χ0n) is 11.1. The molecule has 112 valence electrons. The average molecular weight is 294 g/mol. The van der Waals surface area contributed by atoms with Gasteiger partial charge < -0.3 is 10.2 Å². The maximum atomic E-state index is 13.6. The lowest BCUT2D eigenvalue weighted by molar-refractivity contribution is 0.205. The molecule has 0 bridgehead atoms. The first-order valence-corrected chi connectivity index (χ1v) is 6.29. The highest BCUT2D eigenvalue weighted by atomic mass is 19.2. The van der Waals surface area contributed by atoms with E-state index in [-0.39, 0.29) is 12.0 Å². The second-order valence-electron chi connectivity index (χ2n) is 5.22. The highest BCUT2D eigenvalue weighted by Crippen LogP contribution is 2.29. The van der Waals surface area contributed by atoms with E-state index in [0.717, 1.165) is 0 Å². The summed E-state index contributed by atoms with van der Waals surface area (Å²) in [5, 5.41) is 2.47. The van der Waals surface area contributed by atoms with Crippen molar-refractivity contribution in [3.05, 3.63) is 29.1 Å². The van der Waals surface area contributed by atoms with Gasteiger partial charge in [-0.05, 0) is 25.9 Å². The Balaban J connectivity index is 2.30. The van der Waals surface area contributed by atoms with E-state index < -0.39 is 34.8 Å². The van der Waals surface area contributed by atoms with Crippen LogP contribution in [0.2, 0.25) is 0 Å². The molecule has 7 heteroatoms. The molecular formula is C13H15F5N2. The number of halogens is 5. The molecule has 0 spiro atoms. The molecule has 2 unspecified atom stereocenters. The van der Waals surface area contributed by atoms with E-state index in [1.165, 1.54) is 0 Å². The molecule has 2 rings (SSSR count). The fourth-order valence-corrected chi connectivity index (χ4v) is 2.49. The Hall–Kier alpha value is -1.37. The van der Waals surface area contributed by atoms with Crippen LogP contribution in [0.1, 0.15) is 13.3 Å². The monoisotopic (exact) mass is 294 g/mol. The maximum absolute atomic E-state index is 13.6. The highest BCUT2D eigenvalue weighted by molar-refractivity contribution is 5.48. The number of hydrogen-bond donors (Lipinski definition) is 1. The first-order valence-electron chi connectivity index (χ1n) is 6.29. The minimum atomic E-state index is -2.14. The number of rotatable bonds is 2. The molecular weight excluding hydrogens is 279 g/mol. The van der Waals surface area contributed by atoms with Gasteiger partial charge in [-0.1, -0.05) is 6.92 Å². The Morgan fingerprint density at radius 2 is 1.45 bits per heavy atom. The maximum Gasteiger partial charge on any atom is 0.200 e. The summed E-state index contributed by atoms with van der Waals surface area (Å²) in [6, 6.07) is -0.334. The molecule has 0 saturated carbocycles. The number of hydrogen-bond acceptors (Lipinski definition) is 2. The fraction of sp³-hybridized carbons (Fsp3) is 0.538. The van der Waals surface area contributed by atoms with Crippen LogP contribution in [0.25, 0.3) is 0 Å². The van der Waals surface area contributed by atoms with Crippen molar-refractivity contribution < 1.29 is 22.0 Å². The molecule has 20 heavy (non-hydrogen) atoms. The summed E-state index contributed by atoms with van der Waals surface area (Å²) in [5.41, 5.74) is -0.942. The number of anilines is 1. The first kappa shape index (κ1) is 15.0. The second-order valence-corrected chi connectivity index (χ2v) is 5.22. The van der Waals surface area contributed by atoms with Gasteiger partial charge in [-0.25, -0.2) is 22.0 Å². The van der Waals surface area contributed by atoms with Crippen molar-refractivity contribution in [2.75, 3.05) is 25.5 Å². The van der Waals surface area contributed by atoms with Crippen molar-refractivity contribution in [2.24, 2.45) is 5.92 Å². The molecule has 2 nitrogen and oxygen atoms in total. The molecule has 1 aromatic carbocycles. The Morgan fingerprint density at radius 1 is 0.950 bits per heavy atom. The van der Waals surface area contributed by atoms with E-state index in [1.54, 1.807) is 0 Å². The second kappa shape index (κ2) is 5.55. The highest BCUT2D eigenvalue weighted by Gasteiger charge is 2.30. The third-order valence-corrected chi connectivity index (χ3v) is 3.65. The third-order valence-electron chi connectivity index (χ3n) is 3.65. The molecule has 0 radical (unpaired) electrons. The molecule has 1 aliphatic rings. The molecule has 1 N–H and O–H groups in total. The van der Waals surface area contributed by atoms with E-state index in [4.69, 9.17) is 0 Å². The normalized spacial score (nSPS) is 23.9. The van der Waals surface area contributed by atoms with E-state index in [2.05, 4.69) is 5.32 Å². The van der Waals surface area contributed by atoms with Gasteiger partial charge in [0.1, 0.15) is 5.69 Å². The van der Waals surface area contributed by atoms with Gasteiger partial charge >= 0.3 is 0 Å². The van der Waals surface area contributed by atoms with Crippen molar-refractivity contribution in [3.63, 3.8) is 0 Å². The van der Waals surface area contributed by atoms with Gasteiger partial charge in [0.25, 0.3) is 0 Å². The van der Waals surface area contributed by atoms with Crippen LogP contribution in [0.15, 0.2) is 0 Å². The zero-order valence-corrected chi connectivity index (χ0v) is 11.1. The van der Waals surface area contributed by atoms with Crippen LogP contribution in [-0.4, -0.2) is 31.1 Å². The average Bonchev–Trinajstić information content (AvgIpc) is 2.41. The standard InChI is InChI=1S/C13H15F5N2/c1-6-5-20(2)4-3-7(6)19-13-11(17)9(15)8(14)10(16)12(13)18/h6-7,19H,3-5H2,1-2H3. The van der Waals surface area contributed by atoms with Gasteiger partial charge in [0.2, 0.25) is 5.82 Å². The van der Waals surface area contributed by atoms with E-state index in [1.807, 2.05) is 18.9 Å². The summed E-state index contributed by atoms with van der Waals surface area (Å²) in [6.07, 6.45) is 0.567. The summed E-state index contributed by atoms with van der Waals surface area (Å²) < 4.78 is 66.3. The molecule has 0 aromatic heterocycles. The molecule has 1 aliphatic heterocycles. The minimum absolute atomic E-state index is 0.0312. The molecule has 1 saturated heterocycles. The van der Waals surface area contributed by atoms with Gasteiger partial charge in [0, 0.05) is 12.6 Å². The van der Waals surface area contributed by atoms with Crippen molar-refractivity contribution >= 4 is 5.69 Å². The van der Waals surface area contributed by atoms with Crippen LogP contribution >= 0.6 is 0 Å². The largest absolute Gasteiger partial charge is 0.377 e. The van der Waals surface area contributed by atoms with Gasteiger partial charge in [-0.3, -0.25) is 0 Å². The molecule has 1 heterocycles. The number of piperidine rings is 1. The smallest absolute Gasteiger partial charge is 0.200 e. The van der Waals surface area contributed by atoms with Crippen LogP contribution in [-0.2, 0) is 0 Å². The van der Waals surface area contributed by atoms with E-state index in [9.17, 15) is 22.0 Å². The Kier molecular flexibility index (Phi) is 4.17. The predicted molar refractivity (Wildman–Crippen MR) is 64.9 cm³/mol. The van der Waals surface area contributed by atoms with E-state index >= 15 is 0 Å². The van der Waals surface area contributed by atoms with Gasteiger partial charge in [-0.2, -0.15) is 0 Å². The van der Waals surface area contributed by atoms with Gasteiger partial charge in [0.15, 0.2) is 23.3 Å². The minimum Gasteiger partial charge on any atom is -0.377 e. The lowest BCUT2D eigenvalue weighted by atomic mass is 9.94. The lowest BCUT2D eigenvalue weighted by Gasteiger charge is -2.35. The number of likely N-dealkylation sites (tertiary alicyclic amines) is 1. The van der Waals surface area contributed by atoms with Crippen molar-refractivity contribution in [1.29, 1.82) is 0 Å². The number of benzene rings is 1. The van der Waals surface area contributed by atoms with E-state index in [0.29, 0.717) is 19.5 Å².